The zero-order chi connectivity index (χ0) is 13.0. The summed E-state index contributed by atoms with van der Waals surface area (Å²) in [6.07, 6.45) is 0. The van der Waals surface area contributed by atoms with Gasteiger partial charge in [-0.3, -0.25) is 0 Å². The van der Waals surface area contributed by atoms with Crippen LogP contribution in [0.25, 0.3) is 0 Å². The van der Waals surface area contributed by atoms with Crippen LogP contribution in [-0.2, 0) is 0 Å². The van der Waals surface area contributed by atoms with Crippen molar-refractivity contribution in [1.82, 2.24) is 0 Å². The van der Waals surface area contributed by atoms with Gasteiger partial charge in [-0.15, -0.1) is 0 Å². The fraction of sp³-hybridized carbons (Fsp3) is 0.133. The normalized spacial score (nSPS) is 11.9. The van der Waals surface area contributed by atoms with E-state index in [2.05, 4.69) is 6.92 Å². The Morgan fingerprint density at radius 2 is 1.67 bits per heavy atom. The molecule has 92 valence electrons. The molecule has 0 saturated heterocycles. The minimum absolute atomic E-state index is 0.319. The summed E-state index contributed by atoms with van der Waals surface area (Å²) < 4.78 is 5.78. The van der Waals surface area contributed by atoms with E-state index >= 15 is 0 Å². The van der Waals surface area contributed by atoms with E-state index in [9.17, 15) is 4.79 Å². The Kier molecular flexibility index (Phi) is 4.41. The molecule has 1 atom stereocenters. The Labute approximate surface area is 120 Å². The number of hydrogen-bond donors (Lipinski definition) is 0. The number of hydrogen-bond acceptors (Lipinski definition) is 2. The molecular weight excluding hydrogens is 340 g/mol. The Morgan fingerprint density at radius 3 is 2.22 bits per heavy atom. The second-order valence-corrected chi connectivity index (χ2v) is 6.21. The number of benzene rings is 2. The summed E-state index contributed by atoms with van der Waals surface area (Å²) in [5, 5.41) is 0. The first-order valence-corrected chi connectivity index (χ1v) is 7.19. The molecule has 0 amide bonds. The van der Waals surface area contributed by atoms with Gasteiger partial charge in [0.2, 0.25) is 0 Å². The predicted molar refractivity (Wildman–Crippen MR) is 73.4 cm³/mol. The molecule has 0 radical (unpaired) electrons. The minimum atomic E-state index is -0.319. The van der Waals surface area contributed by atoms with Crippen LogP contribution in [0, 0.1) is 0 Å². The maximum absolute atomic E-state index is 11.9. The molecule has 1 unspecified atom stereocenters. The van der Waals surface area contributed by atoms with Crippen molar-refractivity contribution in [3.63, 3.8) is 0 Å². The molecule has 2 nitrogen and oxygen atoms in total. The fourth-order valence-corrected chi connectivity index (χ4v) is 2.04. The summed E-state index contributed by atoms with van der Waals surface area (Å²) in [4.78, 5) is 11.9. The predicted octanol–water partition coefficient (Wildman–Crippen LogP) is 2.87. The van der Waals surface area contributed by atoms with Crippen molar-refractivity contribution in [3.8, 4) is 5.75 Å². The van der Waals surface area contributed by atoms with E-state index in [-0.39, 0.29) is 5.97 Å². The molecule has 0 aliphatic heterocycles. The van der Waals surface area contributed by atoms with Crippen molar-refractivity contribution in [1.29, 1.82) is 0 Å². The van der Waals surface area contributed by atoms with E-state index in [1.54, 1.807) is 34.4 Å². The number of ether oxygens (including phenoxy) is 1. The molecule has 2 aromatic carbocycles. The molecule has 18 heavy (non-hydrogen) atoms. The average Bonchev–Trinajstić information content (AvgIpc) is 2.40. The molecule has 0 N–H and O–H groups in total. The van der Waals surface area contributed by atoms with E-state index in [4.69, 9.17) is 4.74 Å². The van der Waals surface area contributed by atoms with Gasteiger partial charge in [0.1, 0.15) is 0 Å². The van der Waals surface area contributed by atoms with Gasteiger partial charge in [0, 0.05) is 0 Å². The average molecular weight is 354 g/mol. The van der Waals surface area contributed by atoms with Crippen molar-refractivity contribution in [2.75, 3.05) is 0 Å². The van der Waals surface area contributed by atoms with Gasteiger partial charge >= 0.3 is 120 Å². The van der Waals surface area contributed by atoms with Crippen molar-refractivity contribution in [2.45, 2.75) is 10.9 Å². The first kappa shape index (κ1) is 13.1. The van der Waals surface area contributed by atoms with Gasteiger partial charge in [-0.05, 0) is 0 Å². The summed E-state index contributed by atoms with van der Waals surface area (Å²) in [6, 6.07) is 16.7. The summed E-state index contributed by atoms with van der Waals surface area (Å²) in [7, 11) is 0. The van der Waals surface area contributed by atoms with Crippen LogP contribution < -0.4 is 4.74 Å². The van der Waals surface area contributed by atoms with Crippen molar-refractivity contribution in [2.24, 2.45) is 0 Å². The third kappa shape index (κ3) is 3.35. The second kappa shape index (κ2) is 6.04. The summed E-state index contributed by atoms with van der Waals surface area (Å²) in [6.45, 7) is 2.14. The summed E-state index contributed by atoms with van der Waals surface area (Å²) in [5.41, 5.74) is 1.81. The first-order chi connectivity index (χ1) is 8.66. The first-order valence-electron chi connectivity index (χ1n) is 5.72. The van der Waals surface area contributed by atoms with Gasteiger partial charge < -0.3 is 0 Å². The maximum atomic E-state index is 11.9. The van der Waals surface area contributed by atoms with Crippen LogP contribution in [0.5, 0.6) is 5.75 Å². The quantitative estimate of drug-likeness (QED) is 0.482. The number of para-hydroxylation sites is 1. The van der Waals surface area contributed by atoms with E-state index in [0.29, 0.717) is 15.3 Å². The molecule has 0 saturated carbocycles. The molecule has 0 fully saturated rings. The van der Waals surface area contributed by atoms with Crippen molar-refractivity contribution in [3.05, 3.63) is 65.7 Å². The van der Waals surface area contributed by atoms with Crippen LogP contribution in [-0.4, -0.2) is 28.3 Å². The molecule has 0 spiro atoms. The van der Waals surface area contributed by atoms with E-state index in [0.717, 1.165) is 0 Å². The Hall–Kier alpha value is -1.30. The van der Waals surface area contributed by atoms with Crippen LogP contribution in [0.3, 0.4) is 0 Å². The summed E-state index contributed by atoms with van der Waals surface area (Å²) in [5.74, 6) is 0.249. The molecule has 0 aliphatic carbocycles. The van der Waals surface area contributed by atoms with Crippen LogP contribution in [0.15, 0.2) is 54.6 Å². The Bertz CT molecular complexity index is 518. The van der Waals surface area contributed by atoms with Gasteiger partial charge in [-0.25, -0.2) is 0 Å². The van der Waals surface area contributed by atoms with Crippen LogP contribution >= 0.6 is 0 Å². The van der Waals surface area contributed by atoms with Gasteiger partial charge in [-0.2, -0.15) is 0 Å². The van der Waals surface area contributed by atoms with Gasteiger partial charge in [0.15, 0.2) is 0 Å². The molecule has 2 rings (SSSR count). The van der Waals surface area contributed by atoms with Crippen LogP contribution in [0.2, 0.25) is 0 Å². The Balaban J connectivity index is 2.10. The molecule has 0 aromatic heterocycles. The molecule has 0 aliphatic rings. The van der Waals surface area contributed by atoms with Gasteiger partial charge in [0.25, 0.3) is 0 Å². The number of carbonyl (C=O) groups excluding carboxylic acids is 1. The zero-order valence-corrected chi connectivity index (χ0v) is 12.6. The standard InChI is InChI=1S/C15H14O2Te/c1-11(18)12-7-9-13(10-8-12)15(16)17-14-5-3-2-4-6-14/h2-11,18H,1H3. The van der Waals surface area contributed by atoms with Crippen molar-refractivity contribution < 1.29 is 9.53 Å². The number of rotatable bonds is 3. The van der Waals surface area contributed by atoms with E-state index in [1.807, 2.05) is 42.5 Å². The molecule has 2 aromatic rings. The third-order valence-electron chi connectivity index (χ3n) is 2.58. The molecule has 0 bridgehead atoms. The number of esters is 1. The molecule has 3 heteroatoms. The topological polar surface area (TPSA) is 26.3 Å². The zero-order valence-electron chi connectivity index (χ0n) is 10.0. The van der Waals surface area contributed by atoms with Gasteiger partial charge in [0.05, 0.1) is 0 Å². The van der Waals surface area contributed by atoms with E-state index < -0.39 is 0 Å². The summed E-state index contributed by atoms with van der Waals surface area (Å²) >= 11 is 1.76. The Morgan fingerprint density at radius 1 is 1.06 bits per heavy atom. The monoisotopic (exact) mass is 356 g/mol. The molecular formula is C15H14O2Te. The molecule has 0 heterocycles. The number of carbonyl (C=O) groups is 1. The van der Waals surface area contributed by atoms with Crippen LogP contribution in [0.1, 0.15) is 26.8 Å². The van der Waals surface area contributed by atoms with E-state index in [1.165, 1.54) is 5.56 Å². The second-order valence-electron chi connectivity index (χ2n) is 4.00. The van der Waals surface area contributed by atoms with Crippen LogP contribution in [0.4, 0.5) is 0 Å². The SMILES string of the molecule is CC([TeH])c1ccc(C(=O)Oc2ccccc2)cc1. The van der Waals surface area contributed by atoms with Gasteiger partial charge in [-0.1, -0.05) is 0 Å². The third-order valence-corrected chi connectivity index (χ3v) is 3.43. The fourth-order valence-electron chi connectivity index (χ4n) is 1.55. The van der Waals surface area contributed by atoms with Crippen molar-refractivity contribution >= 4 is 28.3 Å².